The standard InChI is InChI=1S/C26H27N5O2S/c1-4-31-24(18(3)27-25(33)20-12-7-9-17(2)15-20)29-30-26(31)34-16-23(32)28-22-14-8-11-19-10-5-6-13-21(19)22/h5-15,18H,4,16H2,1-3H3,(H,27,33)(H,28,32)/t18-/m1/s1. The summed E-state index contributed by atoms with van der Waals surface area (Å²) in [4.78, 5) is 25.3. The van der Waals surface area contributed by atoms with Gasteiger partial charge in [-0.3, -0.25) is 9.59 Å². The number of fused-ring (bicyclic) bond motifs is 1. The highest BCUT2D eigenvalue weighted by Gasteiger charge is 2.20. The highest BCUT2D eigenvalue weighted by atomic mass is 32.2. The van der Waals surface area contributed by atoms with E-state index in [2.05, 4.69) is 20.8 Å². The highest BCUT2D eigenvalue weighted by molar-refractivity contribution is 7.99. The van der Waals surface area contributed by atoms with Crippen molar-refractivity contribution in [2.24, 2.45) is 0 Å². The van der Waals surface area contributed by atoms with E-state index >= 15 is 0 Å². The van der Waals surface area contributed by atoms with E-state index in [9.17, 15) is 9.59 Å². The number of rotatable bonds is 8. The lowest BCUT2D eigenvalue weighted by molar-refractivity contribution is -0.113. The Balaban J connectivity index is 1.41. The molecular weight excluding hydrogens is 446 g/mol. The van der Waals surface area contributed by atoms with Gasteiger partial charge in [-0.1, -0.05) is 65.9 Å². The average Bonchev–Trinajstić information content (AvgIpc) is 3.26. The summed E-state index contributed by atoms with van der Waals surface area (Å²) in [5.74, 6) is 0.575. The van der Waals surface area contributed by atoms with E-state index in [-0.39, 0.29) is 23.6 Å². The van der Waals surface area contributed by atoms with Crippen LogP contribution in [0.25, 0.3) is 10.8 Å². The number of anilines is 1. The van der Waals surface area contributed by atoms with Crippen molar-refractivity contribution in [2.45, 2.75) is 38.5 Å². The molecule has 7 nitrogen and oxygen atoms in total. The molecule has 2 amide bonds. The van der Waals surface area contributed by atoms with Gasteiger partial charge in [0.2, 0.25) is 5.91 Å². The first kappa shape index (κ1) is 23.5. The van der Waals surface area contributed by atoms with Gasteiger partial charge in [-0.25, -0.2) is 0 Å². The molecule has 0 bridgehead atoms. The molecule has 1 atom stereocenters. The molecule has 0 unspecified atom stereocenters. The molecule has 0 aliphatic carbocycles. The summed E-state index contributed by atoms with van der Waals surface area (Å²) in [6, 6.07) is 20.9. The second-order valence-electron chi connectivity index (χ2n) is 8.01. The molecule has 4 rings (SSSR count). The van der Waals surface area contributed by atoms with Gasteiger partial charge >= 0.3 is 0 Å². The molecule has 0 spiro atoms. The van der Waals surface area contributed by atoms with Crippen LogP contribution in [0.5, 0.6) is 0 Å². The van der Waals surface area contributed by atoms with E-state index in [1.54, 1.807) is 6.07 Å². The van der Waals surface area contributed by atoms with Crippen LogP contribution < -0.4 is 10.6 Å². The number of amides is 2. The zero-order valence-corrected chi connectivity index (χ0v) is 20.2. The molecule has 0 saturated heterocycles. The normalized spacial score (nSPS) is 11.9. The Hall–Kier alpha value is -3.65. The fourth-order valence-corrected chi connectivity index (χ4v) is 4.62. The topological polar surface area (TPSA) is 88.9 Å². The van der Waals surface area contributed by atoms with Crippen molar-refractivity contribution in [1.29, 1.82) is 0 Å². The molecule has 34 heavy (non-hydrogen) atoms. The summed E-state index contributed by atoms with van der Waals surface area (Å²) >= 11 is 1.32. The SMILES string of the molecule is CCn1c(SCC(=O)Nc2cccc3ccccc23)nnc1[C@@H](C)NC(=O)c1cccc(C)c1. The van der Waals surface area contributed by atoms with Gasteiger partial charge in [0.25, 0.3) is 5.91 Å². The summed E-state index contributed by atoms with van der Waals surface area (Å²) < 4.78 is 1.93. The van der Waals surface area contributed by atoms with Crippen molar-refractivity contribution in [3.8, 4) is 0 Å². The molecule has 8 heteroatoms. The monoisotopic (exact) mass is 473 g/mol. The Morgan fingerprint density at radius 1 is 1.03 bits per heavy atom. The van der Waals surface area contributed by atoms with E-state index in [4.69, 9.17) is 0 Å². The molecule has 1 heterocycles. The van der Waals surface area contributed by atoms with Crippen LogP contribution in [0.1, 0.15) is 41.6 Å². The van der Waals surface area contributed by atoms with Gasteiger partial charge in [-0.15, -0.1) is 10.2 Å². The van der Waals surface area contributed by atoms with Gasteiger partial charge in [-0.2, -0.15) is 0 Å². The number of benzene rings is 3. The maximum atomic E-state index is 12.7. The quantitative estimate of drug-likeness (QED) is 0.352. The largest absolute Gasteiger partial charge is 0.342 e. The molecule has 0 radical (unpaired) electrons. The molecule has 0 fully saturated rings. The number of carbonyl (C=O) groups is 2. The van der Waals surface area contributed by atoms with Gasteiger partial charge in [0.15, 0.2) is 11.0 Å². The summed E-state index contributed by atoms with van der Waals surface area (Å²) in [5, 5.41) is 17.3. The lowest BCUT2D eigenvalue weighted by Crippen LogP contribution is -2.28. The number of thioether (sulfide) groups is 1. The van der Waals surface area contributed by atoms with Crippen LogP contribution in [-0.4, -0.2) is 32.3 Å². The van der Waals surface area contributed by atoms with E-state index in [1.165, 1.54) is 11.8 Å². The van der Waals surface area contributed by atoms with Crippen LogP contribution in [0.3, 0.4) is 0 Å². The van der Waals surface area contributed by atoms with E-state index in [0.717, 1.165) is 22.0 Å². The van der Waals surface area contributed by atoms with Crippen molar-refractivity contribution in [3.63, 3.8) is 0 Å². The van der Waals surface area contributed by atoms with Crippen molar-refractivity contribution < 1.29 is 9.59 Å². The Bertz CT molecular complexity index is 1330. The van der Waals surface area contributed by atoms with Gasteiger partial charge in [-0.05, 0) is 44.4 Å². The minimum Gasteiger partial charge on any atom is -0.342 e. The average molecular weight is 474 g/mol. The summed E-state index contributed by atoms with van der Waals surface area (Å²) in [7, 11) is 0. The van der Waals surface area contributed by atoms with Crippen molar-refractivity contribution in [3.05, 3.63) is 83.7 Å². The number of hydrogen-bond acceptors (Lipinski definition) is 5. The first-order valence-electron chi connectivity index (χ1n) is 11.2. The zero-order valence-electron chi connectivity index (χ0n) is 19.4. The fourth-order valence-electron chi connectivity index (χ4n) is 3.81. The summed E-state index contributed by atoms with van der Waals surface area (Å²) in [6.45, 7) is 6.45. The lowest BCUT2D eigenvalue weighted by atomic mass is 10.1. The Kier molecular flexibility index (Phi) is 7.27. The van der Waals surface area contributed by atoms with Crippen molar-refractivity contribution in [2.75, 3.05) is 11.1 Å². The first-order chi connectivity index (χ1) is 16.5. The number of nitrogens with zero attached hydrogens (tertiary/aromatic N) is 3. The third kappa shape index (κ3) is 5.28. The molecule has 2 N–H and O–H groups in total. The van der Waals surface area contributed by atoms with Gasteiger partial charge < -0.3 is 15.2 Å². The van der Waals surface area contributed by atoms with Crippen molar-refractivity contribution >= 4 is 40.0 Å². The van der Waals surface area contributed by atoms with Crippen LogP contribution in [-0.2, 0) is 11.3 Å². The molecule has 0 aliphatic heterocycles. The molecule has 174 valence electrons. The van der Waals surface area contributed by atoms with E-state index in [1.807, 2.05) is 86.0 Å². The number of nitrogens with one attached hydrogen (secondary N) is 2. The first-order valence-corrected chi connectivity index (χ1v) is 12.2. The molecular formula is C26H27N5O2S. The molecule has 1 aromatic heterocycles. The number of aryl methyl sites for hydroxylation is 1. The van der Waals surface area contributed by atoms with Crippen LogP contribution in [0.2, 0.25) is 0 Å². The number of hydrogen-bond donors (Lipinski definition) is 2. The Morgan fingerprint density at radius 3 is 2.59 bits per heavy atom. The smallest absolute Gasteiger partial charge is 0.251 e. The third-order valence-corrected chi connectivity index (χ3v) is 6.44. The van der Waals surface area contributed by atoms with Crippen LogP contribution in [0.15, 0.2) is 71.9 Å². The predicted molar refractivity (Wildman–Crippen MR) is 136 cm³/mol. The molecule has 0 aliphatic rings. The maximum absolute atomic E-state index is 12.7. The molecule has 3 aromatic carbocycles. The fraction of sp³-hybridized carbons (Fsp3) is 0.231. The second-order valence-corrected chi connectivity index (χ2v) is 8.96. The van der Waals surface area contributed by atoms with Crippen molar-refractivity contribution in [1.82, 2.24) is 20.1 Å². The minimum atomic E-state index is -0.334. The zero-order chi connectivity index (χ0) is 24.1. The highest BCUT2D eigenvalue weighted by Crippen LogP contribution is 2.24. The summed E-state index contributed by atoms with van der Waals surface area (Å²) in [5.41, 5.74) is 2.42. The van der Waals surface area contributed by atoms with Crippen LogP contribution in [0, 0.1) is 6.92 Å². The Labute approximate surface area is 203 Å². The van der Waals surface area contributed by atoms with Crippen LogP contribution in [0.4, 0.5) is 5.69 Å². The third-order valence-electron chi connectivity index (χ3n) is 5.47. The maximum Gasteiger partial charge on any atom is 0.251 e. The van der Waals surface area contributed by atoms with E-state index < -0.39 is 0 Å². The number of carbonyl (C=O) groups excluding carboxylic acids is 2. The minimum absolute atomic E-state index is 0.116. The lowest BCUT2D eigenvalue weighted by Gasteiger charge is -2.15. The second kappa shape index (κ2) is 10.5. The van der Waals surface area contributed by atoms with E-state index in [0.29, 0.717) is 23.1 Å². The summed E-state index contributed by atoms with van der Waals surface area (Å²) in [6.07, 6.45) is 0. The molecule has 0 saturated carbocycles. The predicted octanol–water partition coefficient (Wildman–Crippen LogP) is 4.98. The number of aromatic nitrogens is 3. The van der Waals surface area contributed by atoms with Gasteiger partial charge in [0.05, 0.1) is 11.8 Å². The Morgan fingerprint density at radius 2 is 1.79 bits per heavy atom. The van der Waals surface area contributed by atoms with Gasteiger partial charge in [0, 0.05) is 23.2 Å². The van der Waals surface area contributed by atoms with Crippen LogP contribution >= 0.6 is 11.8 Å². The van der Waals surface area contributed by atoms with Gasteiger partial charge in [0.1, 0.15) is 0 Å². The molecule has 4 aromatic rings.